The second-order valence-corrected chi connectivity index (χ2v) is 4.00. The summed E-state index contributed by atoms with van der Waals surface area (Å²) in [5.41, 5.74) is 1.17. The van der Waals surface area contributed by atoms with Crippen LogP contribution < -0.4 is 0 Å². The number of hydrogen-bond donors (Lipinski definition) is 0. The van der Waals surface area contributed by atoms with Crippen molar-refractivity contribution in [2.24, 2.45) is 7.05 Å². The van der Waals surface area contributed by atoms with Crippen LogP contribution in [-0.2, 0) is 7.05 Å². The molecule has 0 N–H and O–H groups in total. The molecule has 3 heteroatoms. The summed E-state index contributed by atoms with van der Waals surface area (Å²) in [4.78, 5) is 12.4. The van der Waals surface area contributed by atoms with E-state index in [2.05, 4.69) is 0 Å². The molecule has 2 heterocycles. The largest absolute Gasteiger partial charge is 0.357 e. The molecular weight excluding hydrogens is 182 g/mol. The first-order valence-corrected chi connectivity index (χ1v) is 4.78. The van der Waals surface area contributed by atoms with Crippen LogP contribution in [0.4, 0.5) is 0 Å². The quantitative estimate of drug-likeness (QED) is 0.669. The Bertz CT molecular complexity index is 428. The monoisotopic (exact) mass is 191 g/mol. The second kappa shape index (κ2) is 3.18. The normalized spacial score (nSPS) is 10.2. The van der Waals surface area contributed by atoms with E-state index < -0.39 is 0 Å². The molecule has 0 unspecified atom stereocenters. The first kappa shape index (κ1) is 8.26. The SMILES string of the molecule is Cn1ccc(-c2ccc(C=O)s2)c1. The Morgan fingerprint density at radius 2 is 2.23 bits per heavy atom. The van der Waals surface area contributed by atoms with Gasteiger partial charge < -0.3 is 4.57 Å². The van der Waals surface area contributed by atoms with Crippen molar-refractivity contribution in [2.75, 3.05) is 0 Å². The first-order valence-electron chi connectivity index (χ1n) is 3.97. The Labute approximate surface area is 80.4 Å². The van der Waals surface area contributed by atoms with E-state index in [9.17, 15) is 4.79 Å². The van der Waals surface area contributed by atoms with Gasteiger partial charge in [-0.15, -0.1) is 11.3 Å². The minimum atomic E-state index is 0.777. The lowest BCUT2D eigenvalue weighted by molar-refractivity contribution is 0.112. The molecule has 0 spiro atoms. The van der Waals surface area contributed by atoms with E-state index in [1.165, 1.54) is 16.9 Å². The van der Waals surface area contributed by atoms with Gasteiger partial charge in [0.25, 0.3) is 0 Å². The van der Waals surface area contributed by atoms with E-state index in [1.807, 2.05) is 42.2 Å². The lowest BCUT2D eigenvalue weighted by Gasteiger charge is -1.88. The van der Waals surface area contributed by atoms with Crippen LogP contribution in [-0.4, -0.2) is 10.9 Å². The van der Waals surface area contributed by atoms with E-state index in [0.717, 1.165) is 16.0 Å². The highest BCUT2D eigenvalue weighted by atomic mass is 32.1. The van der Waals surface area contributed by atoms with Crippen molar-refractivity contribution >= 4 is 17.6 Å². The van der Waals surface area contributed by atoms with Gasteiger partial charge in [0, 0.05) is 29.9 Å². The van der Waals surface area contributed by atoms with Crippen LogP contribution in [0.1, 0.15) is 9.67 Å². The summed E-state index contributed by atoms with van der Waals surface area (Å²) in [6, 6.07) is 5.87. The number of rotatable bonds is 2. The minimum absolute atomic E-state index is 0.777. The number of carbonyl (C=O) groups excluding carboxylic acids is 1. The highest BCUT2D eigenvalue weighted by Gasteiger charge is 2.02. The molecule has 13 heavy (non-hydrogen) atoms. The summed E-state index contributed by atoms with van der Waals surface area (Å²) in [5.74, 6) is 0. The zero-order valence-electron chi connectivity index (χ0n) is 7.23. The molecular formula is C10H9NOS. The van der Waals surface area contributed by atoms with E-state index in [-0.39, 0.29) is 0 Å². The Morgan fingerprint density at radius 3 is 2.77 bits per heavy atom. The first-order chi connectivity index (χ1) is 6.29. The third-order valence-corrected chi connectivity index (χ3v) is 2.92. The molecule has 0 aliphatic heterocycles. The molecule has 0 saturated heterocycles. The van der Waals surface area contributed by atoms with Crippen molar-refractivity contribution < 1.29 is 4.79 Å². The molecule has 0 aromatic carbocycles. The van der Waals surface area contributed by atoms with Gasteiger partial charge in [-0.2, -0.15) is 0 Å². The van der Waals surface area contributed by atoms with Gasteiger partial charge in [-0.05, 0) is 18.2 Å². The zero-order chi connectivity index (χ0) is 9.26. The molecule has 0 fully saturated rings. The molecule has 0 aliphatic rings. The molecule has 0 aliphatic carbocycles. The third kappa shape index (κ3) is 1.55. The zero-order valence-corrected chi connectivity index (χ0v) is 8.04. The molecule has 2 aromatic heterocycles. The van der Waals surface area contributed by atoms with Crippen molar-refractivity contribution in [3.05, 3.63) is 35.5 Å². The third-order valence-electron chi connectivity index (χ3n) is 1.86. The van der Waals surface area contributed by atoms with Crippen LogP contribution >= 0.6 is 11.3 Å². The van der Waals surface area contributed by atoms with E-state index >= 15 is 0 Å². The van der Waals surface area contributed by atoms with Crippen molar-refractivity contribution in [1.82, 2.24) is 4.57 Å². The van der Waals surface area contributed by atoms with Gasteiger partial charge in [-0.25, -0.2) is 0 Å². The van der Waals surface area contributed by atoms with Crippen LogP contribution in [0.3, 0.4) is 0 Å². The minimum Gasteiger partial charge on any atom is -0.357 e. The van der Waals surface area contributed by atoms with Gasteiger partial charge in [0.1, 0.15) is 0 Å². The number of aldehydes is 1. The molecule has 2 rings (SSSR count). The van der Waals surface area contributed by atoms with Crippen molar-refractivity contribution in [3.8, 4) is 10.4 Å². The van der Waals surface area contributed by atoms with Crippen molar-refractivity contribution in [3.63, 3.8) is 0 Å². The van der Waals surface area contributed by atoms with Gasteiger partial charge in [0.15, 0.2) is 6.29 Å². The smallest absolute Gasteiger partial charge is 0.160 e. The highest BCUT2D eigenvalue weighted by molar-refractivity contribution is 7.17. The summed E-state index contributed by atoms with van der Waals surface area (Å²) >= 11 is 1.52. The standard InChI is InChI=1S/C10H9NOS/c1-11-5-4-8(6-11)10-3-2-9(7-12)13-10/h2-7H,1H3. The van der Waals surface area contributed by atoms with Gasteiger partial charge in [0.05, 0.1) is 4.88 Å². The molecule has 0 atom stereocenters. The molecule has 0 bridgehead atoms. The topological polar surface area (TPSA) is 22.0 Å². The Balaban J connectivity index is 2.40. The lowest BCUT2D eigenvalue weighted by Crippen LogP contribution is -1.76. The van der Waals surface area contributed by atoms with Crippen LogP contribution in [0.25, 0.3) is 10.4 Å². The average molecular weight is 191 g/mol. The predicted molar refractivity (Wildman–Crippen MR) is 54.1 cm³/mol. The summed E-state index contributed by atoms with van der Waals surface area (Å²) < 4.78 is 2.00. The van der Waals surface area contributed by atoms with Gasteiger partial charge >= 0.3 is 0 Å². The molecule has 0 amide bonds. The molecule has 2 nitrogen and oxygen atoms in total. The molecule has 2 aromatic rings. The van der Waals surface area contributed by atoms with E-state index in [4.69, 9.17) is 0 Å². The van der Waals surface area contributed by atoms with Crippen LogP contribution in [0, 0.1) is 0 Å². The molecule has 0 radical (unpaired) electrons. The number of nitrogens with zero attached hydrogens (tertiary/aromatic N) is 1. The second-order valence-electron chi connectivity index (χ2n) is 2.89. The molecule has 66 valence electrons. The molecule has 0 saturated carbocycles. The lowest BCUT2D eigenvalue weighted by atomic mass is 10.3. The summed E-state index contributed by atoms with van der Waals surface area (Å²) in [7, 11) is 1.98. The fraction of sp³-hybridized carbons (Fsp3) is 0.100. The van der Waals surface area contributed by atoms with E-state index in [0.29, 0.717) is 0 Å². The fourth-order valence-electron chi connectivity index (χ4n) is 1.22. The number of hydrogen-bond acceptors (Lipinski definition) is 2. The van der Waals surface area contributed by atoms with Crippen LogP contribution in [0.15, 0.2) is 30.6 Å². The Kier molecular flexibility index (Phi) is 2.02. The maximum atomic E-state index is 10.5. The summed E-state index contributed by atoms with van der Waals surface area (Å²) in [5, 5.41) is 0. The highest BCUT2D eigenvalue weighted by Crippen LogP contribution is 2.27. The van der Waals surface area contributed by atoms with Gasteiger partial charge in [0.2, 0.25) is 0 Å². The fourth-order valence-corrected chi connectivity index (χ4v) is 2.03. The van der Waals surface area contributed by atoms with Crippen molar-refractivity contribution in [1.29, 1.82) is 0 Å². The Hall–Kier alpha value is -1.35. The number of thiophene rings is 1. The number of carbonyl (C=O) groups is 1. The summed E-state index contributed by atoms with van der Waals surface area (Å²) in [6.07, 6.45) is 4.92. The van der Waals surface area contributed by atoms with Crippen LogP contribution in [0.2, 0.25) is 0 Å². The maximum Gasteiger partial charge on any atom is 0.160 e. The number of aryl methyl sites for hydroxylation is 1. The Morgan fingerprint density at radius 1 is 1.38 bits per heavy atom. The maximum absolute atomic E-state index is 10.5. The predicted octanol–water partition coefficient (Wildman–Crippen LogP) is 2.57. The van der Waals surface area contributed by atoms with Crippen LogP contribution in [0.5, 0.6) is 0 Å². The summed E-state index contributed by atoms with van der Waals surface area (Å²) in [6.45, 7) is 0. The van der Waals surface area contributed by atoms with Gasteiger partial charge in [-0.1, -0.05) is 0 Å². The average Bonchev–Trinajstić information content (AvgIpc) is 2.71. The number of aromatic nitrogens is 1. The van der Waals surface area contributed by atoms with E-state index in [1.54, 1.807) is 0 Å². The van der Waals surface area contributed by atoms with Crippen molar-refractivity contribution in [2.45, 2.75) is 0 Å². The van der Waals surface area contributed by atoms with Gasteiger partial charge in [-0.3, -0.25) is 4.79 Å².